The van der Waals surface area contributed by atoms with Crippen LogP contribution in [0.3, 0.4) is 0 Å². The van der Waals surface area contributed by atoms with Crippen molar-refractivity contribution in [1.82, 2.24) is 14.9 Å². The summed E-state index contributed by atoms with van der Waals surface area (Å²) in [7, 11) is 0. The molecule has 1 unspecified atom stereocenters. The number of ether oxygens (including phenoxy) is 1. The first-order chi connectivity index (χ1) is 11.0. The molecule has 0 saturated carbocycles. The maximum atomic E-state index is 11.8. The van der Waals surface area contributed by atoms with E-state index in [-0.39, 0.29) is 18.1 Å². The molecule has 0 radical (unpaired) electrons. The molecule has 7 nitrogen and oxygen atoms in total. The smallest absolute Gasteiger partial charge is 0.415 e. The molecule has 23 heavy (non-hydrogen) atoms. The fraction of sp³-hybridized carbons (Fsp3) is 0.625. The number of aromatic nitrogens is 2. The highest BCUT2D eigenvalue weighted by atomic mass is 16.6. The topological polar surface area (TPSA) is 75.6 Å². The number of amides is 2. The molecule has 124 valence electrons. The zero-order valence-corrected chi connectivity index (χ0v) is 13.6. The number of rotatable bonds is 3. The standard InChI is InChI=1S/C16H22N4O3/c1-11-9-20(16(22)23-11)15-8-14(17-10-18-15)7-13-3-5-19(6-4-13)12(2)21/h8,10-11,13H,3-7,9H2,1-2H3. The zero-order valence-electron chi connectivity index (χ0n) is 13.6. The lowest BCUT2D eigenvalue weighted by atomic mass is 9.92. The van der Waals surface area contributed by atoms with Crippen LogP contribution in [0.5, 0.6) is 0 Å². The maximum absolute atomic E-state index is 11.8. The first-order valence-corrected chi connectivity index (χ1v) is 8.07. The SMILES string of the molecule is CC(=O)N1CCC(Cc2cc(N3CC(C)OC3=O)ncn2)CC1. The molecule has 0 aliphatic carbocycles. The fourth-order valence-electron chi connectivity index (χ4n) is 3.18. The van der Waals surface area contributed by atoms with Crippen molar-refractivity contribution >= 4 is 17.8 Å². The van der Waals surface area contributed by atoms with Crippen LogP contribution >= 0.6 is 0 Å². The van der Waals surface area contributed by atoms with Crippen LogP contribution in [0.4, 0.5) is 10.6 Å². The molecule has 0 aromatic carbocycles. The normalized spacial score (nSPS) is 22.3. The number of anilines is 1. The van der Waals surface area contributed by atoms with E-state index >= 15 is 0 Å². The average molecular weight is 318 g/mol. The van der Waals surface area contributed by atoms with Gasteiger partial charge in [0.15, 0.2) is 0 Å². The highest BCUT2D eigenvalue weighted by molar-refractivity contribution is 5.88. The molecule has 0 bridgehead atoms. The van der Waals surface area contributed by atoms with Crippen molar-refractivity contribution < 1.29 is 14.3 Å². The number of hydrogen-bond acceptors (Lipinski definition) is 5. The Hall–Kier alpha value is -2.18. The lowest BCUT2D eigenvalue weighted by Gasteiger charge is -2.31. The van der Waals surface area contributed by atoms with Gasteiger partial charge in [0.1, 0.15) is 18.2 Å². The first kappa shape index (κ1) is 15.7. The van der Waals surface area contributed by atoms with Crippen LogP contribution in [0.2, 0.25) is 0 Å². The highest BCUT2D eigenvalue weighted by Gasteiger charge is 2.30. The second kappa shape index (κ2) is 6.52. The van der Waals surface area contributed by atoms with Crippen molar-refractivity contribution in [2.24, 2.45) is 5.92 Å². The Morgan fingerprint density at radius 2 is 2.09 bits per heavy atom. The van der Waals surface area contributed by atoms with Crippen LogP contribution < -0.4 is 4.90 Å². The molecule has 1 aromatic rings. The zero-order chi connectivity index (χ0) is 16.4. The van der Waals surface area contributed by atoms with E-state index in [1.807, 2.05) is 17.9 Å². The fourth-order valence-corrected chi connectivity index (χ4v) is 3.18. The number of likely N-dealkylation sites (tertiary alicyclic amines) is 1. The Balaban J connectivity index is 1.62. The van der Waals surface area contributed by atoms with Crippen molar-refractivity contribution in [2.45, 2.75) is 39.2 Å². The molecule has 7 heteroatoms. The van der Waals surface area contributed by atoms with Gasteiger partial charge in [0.05, 0.1) is 6.54 Å². The van der Waals surface area contributed by atoms with Gasteiger partial charge in [-0.3, -0.25) is 9.69 Å². The van der Waals surface area contributed by atoms with Gasteiger partial charge >= 0.3 is 6.09 Å². The molecule has 2 amide bonds. The molecular weight excluding hydrogens is 296 g/mol. The molecule has 3 rings (SSSR count). The summed E-state index contributed by atoms with van der Waals surface area (Å²) in [5, 5.41) is 0. The van der Waals surface area contributed by atoms with E-state index in [0.29, 0.717) is 18.3 Å². The molecule has 2 aliphatic heterocycles. The van der Waals surface area contributed by atoms with Crippen molar-refractivity contribution in [1.29, 1.82) is 0 Å². The minimum absolute atomic E-state index is 0.114. The summed E-state index contributed by atoms with van der Waals surface area (Å²) in [5.41, 5.74) is 0.934. The third-order valence-corrected chi connectivity index (χ3v) is 4.51. The van der Waals surface area contributed by atoms with Crippen LogP contribution in [-0.2, 0) is 16.0 Å². The third-order valence-electron chi connectivity index (χ3n) is 4.51. The Morgan fingerprint density at radius 1 is 1.35 bits per heavy atom. The van der Waals surface area contributed by atoms with Gasteiger partial charge in [-0.1, -0.05) is 0 Å². The van der Waals surface area contributed by atoms with E-state index in [1.165, 1.54) is 6.33 Å². The van der Waals surface area contributed by atoms with Crippen molar-refractivity contribution in [3.05, 3.63) is 18.1 Å². The molecule has 2 fully saturated rings. The van der Waals surface area contributed by atoms with Gasteiger partial charge in [0.25, 0.3) is 0 Å². The summed E-state index contributed by atoms with van der Waals surface area (Å²) in [6.07, 6.45) is 3.86. The largest absolute Gasteiger partial charge is 0.444 e. The molecule has 3 heterocycles. The lowest BCUT2D eigenvalue weighted by Crippen LogP contribution is -2.37. The Bertz CT molecular complexity index is 599. The lowest BCUT2D eigenvalue weighted by molar-refractivity contribution is -0.130. The minimum atomic E-state index is -0.350. The van der Waals surface area contributed by atoms with Crippen LogP contribution in [0.1, 0.15) is 32.4 Å². The van der Waals surface area contributed by atoms with E-state index in [4.69, 9.17) is 4.74 Å². The van der Waals surface area contributed by atoms with Crippen molar-refractivity contribution in [2.75, 3.05) is 24.5 Å². The Morgan fingerprint density at radius 3 is 2.70 bits per heavy atom. The molecule has 2 aliphatic rings. The van der Waals surface area contributed by atoms with Gasteiger partial charge in [-0.05, 0) is 32.1 Å². The number of carbonyl (C=O) groups is 2. The number of piperidine rings is 1. The van der Waals surface area contributed by atoms with Gasteiger partial charge in [0.2, 0.25) is 5.91 Å². The molecule has 1 aromatic heterocycles. The van der Waals surface area contributed by atoms with Crippen molar-refractivity contribution in [3.63, 3.8) is 0 Å². The van der Waals surface area contributed by atoms with E-state index in [1.54, 1.807) is 11.8 Å². The van der Waals surface area contributed by atoms with E-state index in [2.05, 4.69) is 9.97 Å². The summed E-state index contributed by atoms with van der Waals surface area (Å²) in [6.45, 7) is 5.63. The number of nitrogens with zero attached hydrogens (tertiary/aromatic N) is 4. The summed E-state index contributed by atoms with van der Waals surface area (Å²) < 4.78 is 5.14. The second-order valence-electron chi connectivity index (χ2n) is 6.33. The van der Waals surface area contributed by atoms with E-state index in [9.17, 15) is 9.59 Å². The molecule has 2 saturated heterocycles. The van der Waals surface area contributed by atoms with E-state index < -0.39 is 0 Å². The molecule has 0 spiro atoms. The van der Waals surface area contributed by atoms with Crippen LogP contribution in [0, 0.1) is 5.92 Å². The quantitative estimate of drug-likeness (QED) is 0.846. The van der Waals surface area contributed by atoms with Gasteiger partial charge < -0.3 is 9.64 Å². The molecular formula is C16H22N4O3. The number of hydrogen-bond donors (Lipinski definition) is 0. The van der Waals surface area contributed by atoms with Gasteiger partial charge in [-0.2, -0.15) is 0 Å². The van der Waals surface area contributed by atoms with Crippen molar-refractivity contribution in [3.8, 4) is 0 Å². The average Bonchev–Trinajstić information content (AvgIpc) is 2.87. The van der Waals surface area contributed by atoms with E-state index in [0.717, 1.165) is 38.0 Å². The van der Waals surface area contributed by atoms with Crippen LogP contribution in [0.15, 0.2) is 12.4 Å². The maximum Gasteiger partial charge on any atom is 0.415 e. The van der Waals surface area contributed by atoms with Gasteiger partial charge in [0, 0.05) is 31.8 Å². The summed E-state index contributed by atoms with van der Waals surface area (Å²) >= 11 is 0. The third kappa shape index (κ3) is 3.60. The minimum Gasteiger partial charge on any atom is -0.444 e. The summed E-state index contributed by atoms with van der Waals surface area (Å²) in [6, 6.07) is 1.87. The predicted octanol–water partition coefficient (Wildman–Crippen LogP) is 1.62. The first-order valence-electron chi connectivity index (χ1n) is 8.07. The monoisotopic (exact) mass is 318 g/mol. The summed E-state index contributed by atoms with van der Waals surface area (Å²) in [4.78, 5) is 35.1. The number of cyclic esters (lactones) is 1. The van der Waals surface area contributed by atoms with Gasteiger partial charge in [-0.15, -0.1) is 0 Å². The Labute approximate surface area is 135 Å². The summed E-state index contributed by atoms with van der Waals surface area (Å²) in [5.74, 6) is 1.26. The molecule has 0 N–H and O–H groups in total. The second-order valence-corrected chi connectivity index (χ2v) is 6.33. The molecule has 1 atom stereocenters. The number of carbonyl (C=O) groups excluding carboxylic acids is 2. The van der Waals surface area contributed by atoms with Crippen LogP contribution in [-0.4, -0.2) is 52.6 Å². The van der Waals surface area contributed by atoms with Gasteiger partial charge in [-0.25, -0.2) is 14.8 Å². The highest BCUT2D eigenvalue weighted by Crippen LogP contribution is 2.24. The predicted molar refractivity (Wildman–Crippen MR) is 84.0 cm³/mol. The Kier molecular flexibility index (Phi) is 4.45. The van der Waals surface area contributed by atoms with Crippen LogP contribution in [0.25, 0.3) is 0 Å².